The van der Waals surface area contributed by atoms with Gasteiger partial charge in [0.2, 0.25) is 0 Å². The zero-order chi connectivity index (χ0) is 10.5. The number of rotatable bonds is 4. The zero-order valence-electron chi connectivity index (χ0n) is 9.89. The lowest BCUT2D eigenvalue weighted by molar-refractivity contribution is 0.248. The van der Waals surface area contributed by atoms with Gasteiger partial charge >= 0.3 is 0 Å². The summed E-state index contributed by atoms with van der Waals surface area (Å²) < 4.78 is 0. The maximum absolute atomic E-state index is 6.17. The van der Waals surface area contributed by atoms with Gasteiger partial charge in [-0.15, -0.1) is 11.6 Å². The molecule has 88 valence electrons. The second kappa shape index (κ2) is 6.13. The maximum Gasteiger partial charge on any atom is 0.0254 e. The summed E-state index contributed by atoms with van der Waals surface area (Å²) in [6, 6.07) is 0. The molecular formula is C14H25Cl. The van der Waals surface area contributed by atoms with E-state index in [4.69, 9.17) is 11.6 Å². The van der Waals surface area contributed by atoms with E-state index in [1.807, 2.05) is 0 Å². The van der Waals surface area contributed by atoms with Crippen LogP contribution in [0.1, 0.15) is 64.2 Å². The summed E-state index contributed by atoms with van der Waals surface area (Å²) in [6.07, 6.45) is 14.7. The fraction of sp³-hybridized carbons (Fsp3) is 1.00. The van der Waals surface area contributed by atoms with Crippen LogP contribution in [0.25, 0.3) is 0 Å². The summed E-state index contributed by atoms with van der Waals surface area (Å²) in [4.78, 5) is 0. The van der Waals surface area contributed by atoms with Gasteiger partial charge in [0, 0.05) is 5.88 Å². The molecule has 0 aromatic rings. The molecule has 2 aliphatic rings. The van der Waals surface area contributed by atoms with Crippen LogP contribution in [-0.4, -0.2) is 5.88 Å². The van der Waals surface area contributed by atoms with Gasteiger partial charge in [-0.1, -0.05) is 57.8 Å². The lowest BCUT2D eigenvalue weighted by Gasteiger charge is -2.28. The first-order valence-electron chi connectivity index (χ1n) is 6.96. The van der Waals surface area contributed by atoms with Crippen molar-refractivity contribution in [2.24, 2.45) is 17.8 Å². The van der Waals surface area contributed by atoms with Gasteiger partial charge in [-0.05, 0) is 24.2 Å². The Bertz CT molecular complexity index is 166. The molecule has 0 aliphatic heterocycles. The molecule has 0 N–H and O–H groups in total. The van der Waals surface area contributed by atoms with Gasteiger partial charge in [0.05, 0.1) is 0 Å². The van der Waals surface area contributed by atoms with Crippen molar-refractivity contribution in [1.29, 1.82) is 0 Å². The van der Waals surface area contributed by atoms with Crippen LogP contribution in [-0.2, 0) is 0 Å². The lowest BCUT2D eigenvalue weighted by Crippen LogP contribution is -2.19. The van der Waals surface area contributed by atoms with Gasteiger partial charge < -0.3 is 0 Å². The van der Waals surface area contributed by atoms with Gasteiger partial charge in [0.15, 0.2) is 0 Å². The topological polar surface area (TPSA) is 0 Å². The van der Waals surface area contributed by atoms with Crippen LogP contribution in [0.2, 0.25) is 0 Å². The molecule has 0 radical (unpaired) electrons. The molecule has 0 spiro atoms. The van der Waals surface area contributed by atoms with Crippen molar-refractivity contribution in [2.45, 2.75) is 64.2 Å². The van der Waals surface area contributed by atoms with Crippen LogP contribution in [0.5, 0.6) is 0 Å². The third-order valence-electron chi connectivity index (χ3n) is 4.63. The predicted octanol–water partition coefficient (Wildman–Crippen LogP) is 5.00. The van der Waals surface area contributed by atoms with Crippen molar-refractivity contribution in [3.8, 4) is 0 Å². The molecule has 2 fully saturated rings. The summed E-state index contributed by atoms with van der Waals surface area (Å²) >= 11 is 6.17. The van der Waals surface area contributed by atoms with E-state index in [0.29, 0.717) is 0 Å². The van der Waals surface area contributed by atoms with Crippen LogP contribution in [0.4, 0.5) is 0 Å². The molecule has 0 bridgehead atoms. The molecular weight excluding hydrogens is 204 g/mol. The Morgan fingerprint density at radius 1 is 0.867 bits per heavy atom. The molecule has 0 nitrogen and oxygen atoms in total. The van der Waals surface area contributed by atoms with E-state index in [1.165, 1.54) is 64.2 Å². The molecule has 0 heterocycles. The van der Waals surface area contributed by atoms with Gasteiger partial charge in [-0.2, -0.15) is 0 Å². The Morgan fingerprint density at radius 3 is 2.07 bits per heavy atom. The molecule has 1 unspecified atom stereocenters. The third-order valence-corrected chi connectivity index (χ3v) is 5.02. The molecule has 0 saturated heterocycles. The van der Waals surface area contributed by atoms with E-state index < -0.39 is 0 Å². The molecule has 1 atom stereocenters. The average molecular weight is 229 g/mol. The van der Waals surface area contributed by atoms with E-state index in [1.54, 1.807) is 0 Å². The average Bonchev–Trinajstić information content (AvgIpc) is 2.81. The fourth-order valence-electron chi connectivity index (χ4n) is 3.66. The molecule has 2 saturated carbocycles. The first kappa shape index (κ1) is 11.8. The summed E-state index contributed by atoms with van der Waals surface area (Å²) in [5.74, 6) is 3.76. The van der Waals surface area contributed by atoms with Crippen LogP contribution < -0.4 is 0 Å². The number of hydrogen-bond donors (Lipinski definition) is 0. The van der Waals surface area contributed by atoms with E-state index in [-0.39, 0.29) is 0 Å². The number of hydrogen-bond acceptors (Lipinski definition) is 0. The Balaban J connectivity index is 1.78. The highest BCUT2D eigenvalue weighted by molar-refractivity contribution is 6.18. The smallest absolute Gasteiger partial charge is 0.0254 e. The SMILES string of the molecule is ClCC(CC1CCCCC1)C1CCCC1. The Hall–Kier alpha value is 0.290. The first-order chi connectivity index (χ1) is 7.40. The predicted molar refractivity (Wildman–Crippen MR) is 67.4 cm³/mol. The van der Waals surface area contributed by atoms with Crippen molar-refractivity contribution in [3.63, 3.8) is 0 Å². The standard InChI is InChI=1S/C14H25Cl/c15-11-14(13-8-4-5-9-13)10-12-6-2-1-3-7-12/h12-14H,1-11H2. The normalized spacial score (nSPS) is 27.0. The molecule has 1 heteroatoms. The lowest BCUT2D eigenvalue weighted by atomic mass is 9.78. The van der Waals surface area contributed by atoms with Gasteiger partial charge in [0.1, 0.15) is 0 Å². The summed E-state index contributed by atoms with van der Waals surface area (Å²) in [6.45, 7) is 0. The Kier molecular flexibility index (Phi) is 4.81. The van der Waals surface area contributed by atoms with E-state index >= 15 is 0 Å². The summed E-state index contributed by atoms with van der Waals surface area (Å²) in [5, 5.41) is 0. The highest BCUT2D eigenvalue weighted by Crippen LogP contribution is 2.38. The van der Waals surface area contributed by atoms with E-state index in [0.717, 1.165) is 23.6 Å². The van der Waals surface area contributed by atoms with Crippen LogP contribution >= 0.6 is 11.6 Å². The summed E-state index contributed by atoms with van der Waals surface area (Å²) in [5.41, 5.74) is 0. The quantitative estimate of drug-likeness (QED) is 0.594. The van der Waals surface area contributed by atoms with E-state index in [2.05, 4.69) is 0 Å². The van der Waals surface area contributed by atoms with Gasteiger partial charge in [-0.25, -0.2) is 0 Å². The second-order valence-electron chi connectivity index (χ2n) is 5.70. The molecule has 0 amide bonds. The minimum Gasteiger partial charge on any atom is -0.126 e. The van der Waals surface area contributed by atoms with Crippen LogP contribution in [0, 0.1) is 17.8 Å². The van der Waals surface area contributed by atoms with Crippen molar-refractivity contribution < 1.29 is 0 Å². The maximum atomic E-state index is 6.17. The fourth-order valence-corrected chi connectivity index (χ4v) is 4.04. The monoisotopic (exact) mass is 228 g/mol. The second-order valence-corrected chi connectivity index (χ2v) is 6.01. The third kappa shape index (κ3) is 3.37. The number of alkyl halides is 1. The zero-order valence-corrected chi connectivity index (χ0v) is 10.6. The highest BCUT2D eigenvalue weighted by atomic mass is 35.5. The molecule has 0 aromatic heterocycles. The minimum atomic E-state index is 0.845. The van der Waals surface area contributed by atoms with Crippen molar-refractivity contribution in [3.05, 3.63) is 0 Å². The van der Waals surface area contributed by atoms with Gasteiger partial charge in [0.25, 0.3) is 0 Å². The van der Waals surface area contributed by atoms with Crippen molar-refractivity contribution in [2.75, 3.05) is 5.88 Å². The van der Waals surface area contributed by atoms with E-state index in [9.17, 15) is 0 Å². The minimum absolute atomic E-state index is 0.845. The van der Waals surface area contributed by atoms with Crippen molar-refractivity contribution >= 4 is 11.6 Å². The largest absolute Gasteiger partial charge is 0.126 e. The Morgan fingerprint density at radius 2 is 1.47 bits per heavy atom. The van der Waals surface area contributed by atoms with Crippen molar-refractivity contribution in [1.82, 2.24) is 0 Å². The first-order valence-corrected chi connectivity index (χ1v) is 7.49. The van der Waals surface area contributed by atoms with Crippen LogP contribution in [0.3, 0.4) is 0 Å². The Labute approximate surface area is 99.8 Å². The van der Waals surface area contributed by atoms with Gasteiger partial charge in [-0.3, -0.25) is 0 Å². The van der Waals surface area contributed by atoms with Crippen LogP contribution in [0.15, 0.2) is 0 Å². The molecule has 2 aliphatic carbocycles. The number of halogens is 1. The summed E-state index contributed by atoms with van der Waals surface area (Å²) in [7, 11) is 0. The molecule has 2 rings (SSSR count). The molecule has 15 heavy (non-hydrogen) atoms. The highest BCUT2D eigenvalue weighted by Gasteiger charge is 2.27. The molecule has 0 aromatic carbocycles.